The van der Waals surface area contributed by atoms with E-state index in [0.717, 1.165) is 38.3 Å². The van der Waals surface area contributed by atoms with Crippen molar-refractivity contribution in [1.82, 2.24) is 42.2 Å². The first-order valence-corrected chi connectivity index (χ1v) is 33.9. The van der Waals surface area contributed by atoms with Crippen LogP contribution in [-0.2, 0) is 39.0 Å². The molecule has 5 unspecified atom stereocenters. The molecule has 5 rings (SSSR count). The van der Waals surface area contributed by atoms with Gasteiger partial charge in [-0.2, -0.15) is 0 Å². The lowest BCUT2D eigenvalue weighted by Crippen LogP contribution is -2.74. The molecule has 0 spiro atoms. The second-order valence-electron chi connectivity index (χ2n) is 28.9. The third kappa shape index (κ3) is 15.5. The van der Waals surface area contributed by atoms with E-state index in [1.807, 2.05) is 90.9 Å². The first-order valence-electron chi connectivity index (χ1n) is 33.6. The summed E-state index contributed by atoms with van der Waals surface area (Å²) < 4.78 is 34.6. The molecule has 0 saturated carbocycles. The molecular weight excluding hydrogens is 1200 g/mol. The van der Waals surface area contributed by atoms with Crippen molar-refractivity contribution in [2.24, 2.45) is 17.3 Å². The summed E-state index contributed by atoms with van der Waals surface area (Å²) in [6.07, 6.45) is -0.763. The number of hydrogen-bond acceptors (Lipinski definition) is 14. The summed E-state index contributed by atoms with van der Waals surface area (Å²) in [6.45, 7) is 36.1. The fraction of sp³-hybridized carbons (Fsp3) is 0.614. The number of benzene rings is 3. The molecular formula is C70H107N10O10S2+. The van der Waals surface area contributed by atoms with E-state index in [4.69, 9.17) is 4.11 Å². The second kappa shape index (κ2) is 28.8. The maximum atomic E-state index is 16.6. The molecule has 20 nitrogen and oxygen atoms in total. The molecule has 2 heterocycles. The molecule has 1 aliphatic rings. The molecule has 92 heavy (non-hydrogen) atoms. The monoisotopic (exact) mass is 1320 g/mol. The smallest absolute Gasteiger partial charge is 0.391 e. The predicted octanol–water partition coefficient (Wildman–Crippen LogP) is 8.39. The Kier molecular flexibility index (Phi) is 22.0. The molecule has 1 saturated heterocycles. The van der Waals surface area contributed by atoms with Crippen molar-refractivity contribution >= 4 is 73.8 Å². The highest BCUT2D eigenvalue weighted by atomic mass is 33.1. The van der Waals surface area contributed by atoms with Gasteiger partial charge in [-0.15, -0.1) is 0 Å². The Balaban J connectivity index is 1.98. The molecule has 1 aliphatic heterocycles. The van der Waals surface area contributed by atoms with Crippen LogP contribution >= 0.6 is 21.6 Å². The highest BCUT2D eigenvalue weighted by Crippen LogP contribution is 2.46. The molecule has 22 heteroatoms. The van der Waals surface area contributed by atoms with E-state index in [-0.39, 0.29) is 23.5 Å². The summed E-state index contributed by atoms with van der Waals surface area (Å²) in [7, 11) is 3.43. The van der Waals surface area contributed by atoms with E-state index < -0.39 is 169 Å². The number of nitrogens with one attached hydrogen (secondary N) is 9. The molecule has 508 valence electrons. The number of nitrogens with zero attached hydrogens (tertiary/aromatic N) is 1. The molecule has 1 fully saturated rings. The van der Waals surface area contributed by atoms with Gasteiger partial charge in [0.25, 0.3) is 11.9 Å². The van der Waals surface area contributed by atoms with Crippen molar-refractivity contribution in [2.75, 3.05) is 12.8 Å². The predicted molar refractivity (Wildman–Crippen MR) is 366 cm³/mol. The fourth-order valence-electron chi connectivity index (χ4n) is 12.0. The average molecular weight is 1320 g/mol. The highest BCUT2D eigenvalue weighted by molar-refractivity contribution is 8.77. The van der Waals surface area contributed by atoms with Crippen LogP contribution in [0.15, 0.2) is 72.8 Å². The Morgan fingerprint density at radius 1 is 0.783 bits per heavy atom. The zero-order valence-electron chi connectivity index (χ0n) is 62.3. The van der Waals surface area contributed by atoms with Crippen molar-refractivity contribution in [1.29, 1.82) is 5.53 Å². The van der Waals surface area contributed by atoms with Gasteiger partial charge in [-0.1, -0.05) is 150 Å². The number of fused-ring (bicyclic) bond motifs is 1. The molecule has 12 N–H and O–H groups in total. The summed E-state index contributed by atoms with van der Waals surface area (Å²) in [5.41, 5.74) is 0.979. The zero-order chi connectivity index (χ0) is 73.5. The average Bonchev–Trinajstić information content (AvgIpc) is 1.34. The van der Waals surface area contributed by atoms with Crippen LogP contribution in [0.25, 0.3) is 10.9 Å². The van der Waals surface area contributed by atoms with E-state index in [0.29, 0.717) is 21.2 Å². The first-order chi connectivity index (χ1) is 43.9. The van der Waals surface area contributed by atoms with Gasteiger partial charge in [-0.05, 0) is 165 Å². The normalized spacial score (nSPS) is 26.2. The first kappa shape index (κ1) is 70.2. The number of rotatable bonds is 18. The van der Waals surface area contributed by atoms with Crippen LogP contribution in [0.1, 0.15) is 189 Å². The Morgan fingerprint density at radius 3 is 1.93 bits per heavy atom. The number of carbonyl (C=O) groups excluding carboxylic acids is 7. The summed E-state index contributed by atoms with van der Waals surface area (Å²) in [4.78, 5) is 115. The number of aromatic nitrogens is 1. The highest BCUT2D eigenvalue weighted by Gasteiger charge is 2.58. The second-order valence-corrected chi connectivity index (χ2v) is 31.9. The number of aliphatic hydroxyl groups is 3. The minimum absolute atomic E-state index is 0.000356. The van der Waals surface area contributed by atoms with Crippen molar-refractivity contribution in [3.05, 3.63) is 106 Å². The van der Waals surface area contributed by atoms with Crippen molar-refractivity contribution in [3.8, 4) is 0 Å². The van der Waals surface area contributed by atoms with Crippen molar-refractivity contribution < 1.29 is 59.1 Å². The van der Waals surface area contributed by atoms with E-state index in [9.17, 15) is 27.0 Å². The number of aromatic amines is 1. The molecule has 0 radical (unpaired) electrons. The van der Waals surface area contributed by atoms with Gasteiger partial charge in [-0.3, -0.25) is 28.8 Å². The largest absolute Gasteiger partial charge is 0.437 e. The van der Waals surface area contributed by atoms with Gasteiger partial charge in [0.2, 0.25) is 29.5 Å². The number of hydrogen-bond donors (Lipinski definition) is 12. The lowest BCUT2D eigenvalue weighted by atomic mass is 9.66. The SMILES string of the molecule is [2H]c1c([2H])c([2H])c(C(C)[C@@H]2NC(=O)[C@@](C)(NC(=O)[C@](C)(NC)C(C)c3ccccc3C)C(C)(C)SSC[C@@H](C(=O)NC(C(C)O)[C@@H](C)O)[N+](=N)C(=O)[C@H](C(C)(C)O)NC(=O)[C@](C)(C(C)CC(C)(C)C(C)C)NC(=O)[C@@](C)(C(C)(C)c3c[nH]c4cccc(C)c34)NC2=O)c(C)c1[2H]. The fourth-order valence-corrected chi connectivity index (χ4v) is 15.1. The van der Waals surface area contributed by atoms with Gasteiger partial charge in [-0.25, -0.2) is 4.79 Å². The molecule has 0 aliphatic carbocycles. The number of H-pyrrole nitrogens is 1. The molecule has 3 aromatic carbocycles. The maximum absolute atomic E-state index is 16.6. The van der Waals surface area contributed by atoms with Gasteiger partial charge in [0, 0.05) is 34.4 Å². The van der Waals surface area contributed by atoms with E-state index in [1.54, 1.807) is 54.8 Å². The molecule has 0 bridgehead atoms. The topological polar surface area (TPSA) is 307 Å². The van der Waals surface area contributed by atoms with Gasteiger partial charge in [0.1, 0.15) is 28.2 Å². The minimum Gasteiger partial charge on any atom is -0.391 e. The molecule has 4 aromatic rings. The van der Waals surface area contributed by atoms with Crippen molar-refractivity contribution in [3.63, 3.8) is 0 Å². The number of carbonyl (C=O) groups is 7. The molecule has 13 atom stereocenters. The van der Waals surface area contributed by atoms with Gasteiger partial charge in [0.05, 0.1) is 39.8 Å². The summed E-state index contributed by atoms with van der Waals surface area (Å²) in [5, 5.41) is 55.0. The number of amides is 7. The lowest BCUT2D eigenvalue weighted by Gasteiger charge is -2.48. The Hall–Kier alpha value is -6.17. The van der Waals surface area contributed by atoms with Crippen LogP contribution in [0.2, 0.25) is 0 Å². The van der Waals surface area contributed by atoms with Crippen LogP contribution < -0.4 is 37.2 Å². The third-order valence-electron chi connectivity index (χ3n) is 20.8. The molecule has 1 aromatic heterocycles. The zero-order valence-corrected chi connectivity index (χ0v) is 59.9. The summed E-state index contributed by atoms with van der Waals surface area (Å²) >= 11 is 0. The quantitative estimate of drug-likeness (QED) is 0.0329. The minimum atomic E-state index is -2.24. The number of aryl methyl sites for hydroxylation is 2. The van der Waals surface area contributed by atoms with Gasteiger partial charge < -0.3 is 57.5 Å². The van der Waals surface area contributed by atoms with Crippen LogP contribution in [0.4, 0.5) is 0 Å². The summed E-state index contributed by atoms with van der Waals surface area (Å²) in [5.74, 6) is -10.3. The lowest BCUT2D eigenvalue weighted by molar-refractivity contribution is -0.556. The van der Waals surface area contributed by atoms with E-state index >= 15 is 28.8 Å². The summed E-state index contributed by atoms with van der Waals surface area (Å²) in [6, 6.07) is 3.87. The molecule has 7 amide bonds. The van der Waals surface area contributed by atoms with E-state index in [1.165, 1.54) is 62.3 Å². The van der Waals surface area contributed by atoms with Crippen LogP contribution in [0, 0.1) is 43.6 Å². The standard InChI is InChI=1S/C70H106N10O10S2/c1-38(2)63(11,12)35-42(6)67(19)59(86)76-55(65(15,16)90)58(85)80(71)51(56(83)74-54(45(9)81)46(10)82)37-91-92-66(17,18)70(22,79-60(87)68(20,72-23)44(8)48-33-27-25-30-40(48)4)61(88)75-53(43(7)47-32-26-24-29-39(47)3)57(84)77-69(21,62(89)78-67)64(13,14)49-36-73-50-34-28-31-41(5)52(49)50/h24-34,36,38,42-46,51,53-55,71-73,81-82,90H,35,37H2,1-23H3,(H5-,74,75,76,77,78,79,83,84,86,87,88,89)/p+1/t42?,43?,44?,45-,46?,51+,53+,54?,55-,67+,68-,69+,70-/m1/s1/i24D,26D,29D,32D. The van der Waals surface area contributed by atoms with Crippen LogP contribution in [0.3, 0.4) is 0 Å². The van der Waals surface area contributed by atoms with E-state index in [2.05, 4.69) is 42.2 Å². The van der Waals surface area contributed by atoms with Gasteiger partial charge >= 0.3 is 5.91 Å². The van der Waals surface area contributed by atoms with Crippen LogP contribution in [0.5, 0.6) is 0 Å². The Bertz CT molecular complexity index is 3600. The van der Waals surface area contributed by atoms with Crippen LogP contribution in [-0.4, -0.2) is 148 Å². The number of aliphatic hydroxyl groups excluding tert-OH is 2. The Labute approximate surface area is 559 Å². The van der Waals surface area contributed by atoms with Gasteiger partial charge in [0.15, 0.2) is 6.04 Å². The number of likely N-dealkylation sites (N-methyl/N-ethyl adjacent to an activating group) is 1. The third-order valence-corrected chi connectivity index (χ3v) is 24.2. The van der Waals surface area contributed by atoms with Crippen molar-refractivity contribution in [2.45, 2.75) is 245 Å². The maximum Gasteiger partial charge on any atom is 0.437 e. The Morgan fingerprint density at radius 2 is 1.37 bits per heavy atom.